The number of halogens is 1. The molecule has 4 rings (SSSR count). The molecule has 0 saturated carbocycles. The first-order valence-corrected chi connectivity index (χ1v) is 12.1. The van der Waals surface area contributed by atoms with Crippen LogP contribution < -0.4 is 5.32 Å². The second-order valence-electron chi connectivity index (χ2n) is 6.71. The Kier molecular flexibility index (Phi) is 6.23. The number of hydrogen-bond donors (Lipinski definition) is 1. The van der Waals surface area contributed by atoms with Crippen LogP contribution in [0.15, 0.2) is 46.7 Å². The number of piperidine rings is 1. The summed E-state index contributed by atoms with van der Waals surface area (Å²) in [6, 6.07) is 6.20. The minimum atomic E-state index is -3.71. The number of amides is 1. The molecule has 0 bridgehead atoms. The fourth-order valence-corrected chi connectivity index (χ4v) is 5.77. The Hall–Kier alpha value is -2.21. The number of thioether (sulfide) groups is 1. The topological polar surface area (TPSA) is 110 Å². The highest BCUT2D eigenvalue weighted by Gasteiger charge is 2.28. The summed E-state index contributed by atoms with van der Waals surface area (Å²) < 4.78 is 28.9. The van der Waals surface area contributed by atoms with Gasteiger partial charge in [0, 0.05) is 31.2 Å². The molecule has 0 unspecified atom stereocenters. The van der Waals surface area contributed by atoms with Crippen molar-refractivity contribution >= 4 is 50.8 Å². The van der Waals surface area contributed by atoms with E-state index >= 15 is 0 Å². The van der Waals surface area contributed by atoms with Gasteiger partial charge < -0.3 is 5.32 Å². The van der Waals surface area contributed by atoms with Crippen LogP contribution in [-0.2, 0) is 14.8 Å². The van der Waals surface area contributed by atoms with Gasteiger partial charge >= 0.3 is 0 Å². The predicted molar refractivity (Wildman–Crippen MR) is 114 cm³/mol. The van der Waals surface area contributed by atoms with Gasteiger partial charge in [-0.05, 0) is 37.1 Å². The van der Waals surface area contributed by atoms with Gasteiger partial charge in [0.15, 0.2) is 0 Å². The van der Waals surface area contributed by atoms with Crippen molar-refractivity contribution in [1.29, 1.82) is 0 Å². The average Bonchev–Trinajstić information content (AvgIpc) is 3.17. The van der Waals surface area contributed by atoms with Gasteiger partial charge in [-0.1, -0.05) is 29.8 Å². The van der Waals surface area contributed by atoms with Gasteiger partial charge in [0.25, 0.3) is 5.78 Å². The highest BCUT2D eigenvalue weighted by molar-refractivity contribution is 7.99. The van der Waals surface area contributed by atoms with Crippen LogP contribution in [0.5, 0.6) is 0 Å². The smallest absolute Gasteiger partial charge is 0.253 e. The van der Waals surface area contributed by atoms with Crippen LogP contribution >= 0.6 is 23.4 Å². The van der Waals surface area contributed by atoms with E-state index < -0.39 is 10.0 Å². The summed E-state index contributed by atoms with van der Waals surface area (Å²) in [6.07, 6.45) is 6.01. The molecular weight excluding hydrogens is 448 g/mol. The number of nitrogens with zero attached hydrogens (tertiary/aromatic N) is 5. The maximum atomic E-state index is 12.9. The largest absolute Gasteiger partial charge is 0.325 e. The SMILES string of the molecule is O=C(CSc1nc2ncccn2n1)Nc1ccc(Cl)c(S(=O)(=O)N2CCCCC2)c1. The second kappa shape index (κ2) is 8.88. The molecule has 0 spiro atoms. The molecule has 0 radical (unpaired) electrons. The summed E-state index contributed by atoms with van der Waals surface area (Å²) in [4.78, 5) is 20.7. The Bertz CT molecular complexity index is 1140. The molecular formula is C18H19ClN6O3S2. The first kappa shape index (κ1) is 21.0. The molecule has 12 heteroatoms. The molecule has 0 aliphatic carbocycles. The zero-order valence-electron chi connectivity index (χ0n) is 15.9. The molecule has 3 heterocycles. The first-order valence-electron chi connectivity index (χ1n) is 9.33. The van der Waals surface area contributed by atoms with Crippen LogP contribution in [0.4, 0.5) is 5.69 Å². The molecule has 3 aromatic rings. The number of hydrogen-bond acceptors (Lipinski definition) is 7. The Morgan fingerprint density at radius 2 is 2.03 bits per heavy atom. The fraction of sp³-hybridized carbons (Fsp3) is 0.333. The van der Waals surface area contributed by atoms with E-state index in [1.165, 1.54) is 21.0 Å². The first-order chi connectivity index (χ1) is 14.4. The maximum Gasteiger partial charge on any atom is 0.253 e. The number of nitrogens with one attached hydrogen (secondary N) is 1. The van der Waals surface area contributed by atoms with Crippen LogP contribution in [0.1, 0.15) is 19.3 Å². The number of benzene rings is 1. The van der Waals surface area contributed by atoms with Gasteiger partial charge in [-0.3, -0.25) is 4.79 Å². The molecule has 1 aliphatic heterocycles. The van der Waals surface area contributed by atoms with Crippen molar-refractivity contribution in [2.24, 2.45) is 0 Å². The Balaban J connectivity index is 1.44. The number of carbonyl (C=O) groups is 1. The van der Waals surface area contributed by atoms with Gasteiger partial charge in [-0.2, -0.15) is 9.29 Å². The standard InChI is InChI=1S/C18H19ClN6O3S2/c19-14-6-5-13(11-15(14)30(27,28)24-8-2-1-3-9-24)21-16(26)12-29-18-22-17-20-7-4-10-25(17)23-18/h4-7,10-11H,1-3,8-9,12H2,(H,21,26). The number of sulfonamides is 1. The van der Waals surface area contributed by atoms with Crippen molar-refractivity contribution in [2.45, 2.75) is 29.3 Å². The van der Waals surface area contributed by atoms with E-state index in [2.05, 4.69) is 20.4 Å². The molecule has 9 nitrogen and oxygen atoms in total. The van der Waals surface area contributed by atoms with Crippen molar-refractivity contribution < 1.29 is 13.2 Å². The van der Waals surface area contributed by atoms with E-state index in [1.54, 1.807) is 24.5 Å². The lowest BCUT2D eigenvalue weighted by Gasteiger charge is -2.26. The van der Waals surface area contributed by atoms with E-state index in [9.17, 15) is 13.2 Å². The summed E-state index contributed by atoms with van der Waals surface area (Å²) in [6.45, 7) is 0.958. The number of anilines is 1. The highest BCUT2D eigenvalue weighted by atomic mass is 35.5. The normalized spacial score (nSPS) is 15.4. The molecule has 158 valence electrons. The summed E-state index contributed by atoms with van der Waals surface area (Å²) >= 11 is 7.33. The lowest BCUT2D eigenvalue weighted by molar-refractivity contribution is -0.113. The van der Waals surface area contributed by atoms with Gasteiger partial charge in [0.1, 0.15) is 4.90 Å². The quantitative estimate of drug-likeness (QED) is 0.556. The Labute approximate surface area is 182 Å². The summed E-state index contributed by atoms with van der Waals surface area (Å²) in [7, 11) is -3.71. The van der Waals surface area contributed by atoms with Gasteiger partial charge in [0.2, 0.25) is 21.1 Å². The van der Waals surface area contributed by atoms with Crippen molar-refractivity contribution in [1.82, 2.24) is 23.9 Å². The van der Waals surface area contributed by atoms with Crippen LogP contribution in [0.2, 0.25) is 5.02 Å². The van der Waals surface area contributed by atoms with E-state index in [4.69, 9.17) is 11.6 Å². The number of fused-ring (bicyclic) bond motifs is 1. The van der Waals surface area contributed by atoms with Gasteiger partial charge in [-0.15, -0.1) is 5.10 Å². The van der Waals surface area contributed by atoms with E-state index in [1.807, 2.05) is 0 Å². The molecule has 2 aromatic heterocycles. The molecule has 30 heavy (non-hydrogen) atoms. The zero-order valence-corrected chi connectivity index (χ0v) is 18.3. The maximum absolute atomic E-state index is 12.9. The highest BCUT2D eigenvalue weighted by Crippen LogP contribution is 2.29. The lowest BCUT2D eigenvalue weighted by atomic mass is 10.2. The van der Waals surface area contributed by atoms with Crippen LogP contribution in [0.25, 0.3) is 5.78 Å². The minimum absolute atomic E-state index is 0.00427. The van der Waals surface area contributed by atoms with Crippen LogP contribution in [0.3, 0.4) is 0 Å². The molecule has 1 aliphatic rings. The molecule has 1 amide bonds. The van der Waals surface area contributed by atoms with Crippen molar-refractivity contribution in [3.63, 3.8) is 0 Å². The number of rotatable bonds is 6. The van der Waals surface area contributed by atoms with E-state index in [0.29, 0.717) is 29.7 Å². The Morgan fingerprint density at radius 3 is 2.80 bits per heavy atom. The van der Waals surface area contributed by atoms with E-state index in [0.717, 1.165) is 31.0 Å². The molecule has 1 fully saturated rings. The van der Waals surface area contributed by atoms with Gasteiger partial charge in [0.05, 0.1) is 10.8 Å². The average molecular weight is 467 g/mol. The third kappa shape index (κ3) is 4.59. The Morgan fingerprint density at radius 1 is 1.23 bits per heavy atom. The summed E-state index contributed by atoms with van der Waals surface area (Å²) in [5.74, 6) is 0.203. The number of aromatic nitrogens is 4. The molecule has 1 N–H and O–H groups in total. The van der Waals surface area contributed by atoms with Crippen molar-refractivity contribution in [3.05, 3.63) is 41.7 Å². The lowest BCUT2D eigenvalue weighted by Crippen LogP contribution is -2.35. The van der Waals surface area contributed by atoms with Crippen LogP contribution in [0, 0.1) is 0 Å². The molecule has 0 atom stereocenters. The van der Waals surface area contributed by atoms with E-state index in [-0.39, 0.29) is 21.6 Å². The molecule has 1 aromatic carbocycles. The predicted octanol–water partition coefficient (Wildman–Crippen LogP) is 2.68. The van der Waals surface area contributed by atoms with Crippen molar-refractivity contribution in [2.75, 3.05) is 24.2 Å². The minimum Gasteiger partial charge on any atom is -0.325 e. The fourth-order valence-electron chi connectivity index (χ4n) is 3.13. The summed E-state index contributed by atoms with van der Waals surface area (Å²) in [5, 5.41) is 7.49. The third-order valence-corrected chi connectivity index (χ3v) is 7.80. The van der Waals surface area contributed by atoms with Crippen molar-refractivity contribution in [3.8, 4) is 0 Å². The summed E-state index contributed by atoms with van der Waals surface area (Å²) in [5.41, 5.74) is 0.366. The number of carbonyl (C=O) groups excluding carboxylic acids is 1. The third-order valence-electron chi connectivity index (χ3n) is 4.58. The monoisotopic (exact) mass is 466 g/mol. The second-order valence-corrected chi connectivity index (χ2v) is 9.96. The van der Waals surface area contributed by atoms with Gasteiger partial charge in [-0.25, -0.2) is 17.9 Å². The zero-order chi connectivity index (χ0) is 21.1. The van der Waals surface area contributed by atoms with Crippen LogP contribution in [-0.4, -0.2) is 57.1 Å². The molecule has 1 saturated heterocycles.